The highest BCUT2D eigenvalue weighted by Crippen LogP contribution is 2.19. The molecule has 0 unspecified atom stereocenters. The van der Waals surface area contributed by atoms with E-state index in [0.717, 1.165) is 57.2 Å². The number of hydrogen-bond donors (Lipinski definition) is 2. The number of nitrogens with zero attached hydrogens (tertiary/aromatic N) is 2. The highest BCUT2D eigenvalue weighted by atomic mass is 16.5. The Kier molecular flexibility index (Phi) is 7.94. The molecule has 29 heavy (non-hydrogen) atoms. The normalized spacial score (nSPS) is 15.9. The maximum Gasteiger partial charge on any atom is 0.191 e. The fraction of sp³-hybridized carbons (Fsp3) is 0.458. The van der Waals surface area contributed by atoms with Crippen LogP contribution in [-0.4, -0.2) is 50.7 Å². The van der Waals surface area contributed by atoms with Crippen LogP contribution in [0.2, 0.25) is 0 Å². The first-order valence-corrected chi connectivity index (χ1v) is 10.5. The number of hydrogen-bond acceptors (Lipinski definition) is 3. The van der Waals surface area contributed by atoms with E-state index in [9.17, 15) is 0 Å². The summed E-state index contributed by atoms with van der Waals surface area (Å²) in [7, 11) is 3.57. The van der Waals surface area contributed by atoms with Gasteiger partial charge in [-0.05, 0) is 43.4 Å². The monoisotopic (exact) mass is 394 g/mol. The molecule has 0 radical (unpaired) electrons. The average Bonchev–Trinajstić information content (AvgIpc) is 2.75. The molecule has 1 aliphatic heterocycles. The minimum absolute atomic E-state index is 0.474. The molecule has 0 amide bonds. The van der Waals surface area contributed by atoms with E-state index in [4.69, 9.17) is 4.74 Å². The summed E-state index contributed by atoms with van der Waals surface area (Å²) in [5.41, 5.74) is 3.87. The van der Waals surface area contributed by atoms with Crippen molar-refractivity contribution in [3.05, 3.63) is 65.2 Å². The predicted octanol–water partition coefficient (Wildman–Crippen LogP) is 3.38. The lowest BCUT2D eigenvalue weighted by Gasteiger charge is -2.33. The second-order valence-electron chi connectivity index (χ2n) is 7.74. The van der Waals surface area contributed by atoms with Gasteiger partial charge in [-0.1, -0.05) is 48.0 Å². The third-order valence-electron chi connectivity index (χ3n) is 5.52. The topological polar surface area (TPSA) is 48.9 Å². The molecular formula is C24H34N4O. The first-order valence-electron chi connectivity index (χ1n) is 10.5. The lowest BCUT2D eigenvalue weighted by Crippen LogP contribution is -2.48. The minimum atomic E-state index is 0.474. The van der Waals surface area contributed by atoms with Crippen molar-refractivity contribution in [2.75, 3.05) is 33.8 Å². The molecule has 0 aromatic heterocycles. The molecule has 1 aliphatic rings. The summed E-state index contributed by atoms with van der Waals surface area (Å²) >= 11 is 0. The minimum Gasteiger partial charge on any atom is -0.496 e. The molecule has 2 aromatic carbocycles. The number of rotatable bonds is 7. The van der Waals surface area contributed by atoms with Crippen LogP contribution < -0.4 is 15.4 Å². The average molecular weight is 395 g/mol. The van der Waals surface area contributed by atoms with Crippen molar-refractivity contribution >= 4 is 5.96 Å². The van der Waals surface area contributed by atoms with Crippen molar-refractivity contribution < 1.29 is 4.74 Å². The molecule has 3 rings (SSSR count). The third-order valence-corrected chi connectivity index (χ3v) is 5.52. The summed E-state index contributed by atoms with van der Waals surface area (Å²) in [4.78, 5) is 6.95. The van der Waals surface area contributed by atoms with Gasteiger partial charge in [0.1, 0.15) is 5.75 Å². The van der Waals surface area contributed by atoms with E-state index in [1.54, 1.807) is 7.11 Å². The molecule has 2 N–H and O–H groups in total. The predicted molar refractivity (Wildman–Crippen MR) is 121 cm³/mol. The van der Waals surface area contributed by atoms with E-state index in [-0.39, 0.29) is 0 Å². The van der Waals surface area contributed by atoms with E-state index < -0.39 is 0 Å². The standard InChI is InChI=1S/C24H34N4O/c1-19-9-10-23(29-3)21(17-19)11-14-26-24(25-2)27-22-12-15-28(16-13-22)18-20-7-5-4-6-8-20/h4-10,17,22H,11-16,18H2,1-3H3,(H2,25,26,27). The van der Waals surface area contributed by atoms with Crippen LogP contribution in [0.4, 0.5) is 0 Å². The van der Waals surface area contributed by atoms with Gasteiger partial charge < -0.3 is 15.4 Å². The Hall–Kier alpha value is -2.53. The quantitative estimate of drug-likeness (QED) is 0.558. The Balaban J connectivity index is 1.41. The second kappa shape index (κ2) is 10.9. The zero-order chi connectivity index (χ0) is 20.5. The third kappa shape index (κ3) is 6.50. The molecule has 0 spiro atoms. The SMILES string of the molecule is CN=C(NCCc1cc(C)ccc1OC)NC1CCN(Cc2ccccc2)CC1. The molecule has 1 saturated heterocycles. The number of methoxy groups -OCH3 is 1. The number of benzene rings is 2. The largest absolute Gasteiger partial charge is 0.496 e. The molecular weight excluding hydrogens is 360 g/mol. The number of likely N-dealkylation sites (tertiary alicyclic amines) is 1. The van der Waals surface area contributed by atoms with Crippen molar-refractivity contribution in [1.29, 1.82) is 0 Å². The molecule has 0 atom stereocenters. The number of aliphatic imine (C=N–C) groups is 1. The van der Waals surface area contributed by atoms with Crippen LogP contribution in [0.3, 0.4) is 0 Å². The first-order chi connectivity index (χ1) is 14.2. The molecule has 0 bridgehead atoms. The van der Waals surface area contributed by atoms with Gasteiger partial charge in [-0.25, -0.2) is 0 Å². The zero-order valence-corrected chi connectivity index (χ0v) is 17.9. The summed E-state index contributed by atoms with van der Waals surface area (Å²) in [6.45, 7) is 6.21. The van der Waals surface area contributed by atoms with Crippen LogP contribution in [0.25, 0.3) is 0 Å². The van der Waals surface area contributed by atoms with Crippen molar-refractivity contribution in [2.45, 2.75) is 38.8 Å². The molecule has 1 fully saturated rings. The van der Waals surface area contributed by atoms with Gasteiger partial charge in [-0.15, -0.1) is 0 Å². The molecule has 156 valence electrons. The van der Waals surface area contributed by atoms with Crippen molar-refractivity contribution in [2.24, 2.45) is 4.99 Å². The lowest BCUT2D eigenvalue weighted by molar-refractivity contribution is 0.198. The van der Waals surface area contributed by atoms with Crippen LogP contribution in [0.15, 0.2) is 53.5 Å². The summed E-state index contributed by atoms with van der Waals surface area (Å²) < 4.78 is 5.48. The number of nitrogens with one attached hydrogen (secondary N) is 2. The van der Waals surface area contributed by atoms with Crippen LogP contribution >= 0.6 is 0 Å². The Labute approximate surface area is 175 Å². The fourth-order valence-corrected chi connectivity index (χ4v) is 3.88. The van der Waals surface area contributed by atoms with Gasteiger partial charge in [0.15, 0.2) is 5.96 Å². The Morgan fingerprint density at radius 2 is 1.90 bits per heavy atom. The second-order valence-corrected chi connectivity index (χ2v) is 7.74. The summed E-state index contributed by atoms with van der Waals surface area (Å²) in [5.74, 6) is 1.84. The first kappa shape index (κ1) is 21.2. The Morgan fingerprint density at radius 3 is 2.59 bits per heavy atom. The molecule has 5 heteroatoms. The zero-order valence-electron chi connectivity index (χ0n) is 17.9. The number of ether oxygens (including phenoxy) is 1. The maximum absolute atomic E-state index is 5.48. The molecule has 0 aliphatic carbocycles. The van der Waals surface area contributed by atoms with Crippen LogP contribution in [-0.2, 0) is 13.0 Å². The fourth-order valence-electron chi connectivity index (χ4n) is 3.88. The van der Waals surface area contributed by atoms with E-state index in [1.165, 1.54) is 16.7 Å². The van der Waals surface area contributed by atoms with Gasteiger partial charge in [-0.2, -0.15) is 0 Å². The molecule has 2 aromatic rings. The van der Waals surface area contributed by atoms with Crippen molar-refractivity contribution in [3.8, 4) is 5.75 Å². The van der Waals surface area contributed by atoms with Gasteiger partial charge in [-0.3, -0.25) is 9.89 Å². The van der Waals surface area contributed by atoms with Crippen LogP contribution in [0, 0.1) is 6.92 Å². The highest BCUT2D eigenvalue weighted by molar-refractivity contribution is 5.80. The Morgan fingerprint density at radius 1 is 1.14 bits per heavy atom. The smallest absolute Gasteiger partial charge is 0.191 e. The summed E-state index contributed by atoms with van der Waals surface area (Å²) in [5, 5.41) is 7.05. The summed E-state index contributed by atoms with van der Waals surface area (Å²) in [6.07, 6.45) is 3.18. The van der Waals surface area contributed by atoms with Gasteiger partial charge >= 0.3 is 0 Å². The van der Waals surface area contributed by atoms with Crippen LogP contribution in [0.1, 0.15) is 29.5 Å². The van der Waals surface area contributed by atoms with Gasteiger partial charge in [0.2, 0.25) is 0 Å². The number of aryl methyl sites for hydroxylation is 1. The number of piperidine rings is 1. The van der Waals surface area contributed by atoms with Gasteiger partial charge in [0.05, 0.1) is 7.11 Å². The van der Waals surface area contributed by atoms with E-state index in [0.29, 0.717) is 6.04 Å². The van der Waals surface area contributed by atoms with E-state index in [1.807, 2.05) is 13.1 Å². The van der Waals surface area contributed by atoms with Crippen LogP contribution in [0.5, 0.6) is 5.75 Å². The maximum atomic E-state index is 5.48. The summed E-state index contributed by atoms with van der Waals surface area (Å²) in [6, 6.07) is 17.5. The van der Waals surface area contributed by atoms with E-state index in [2.05, 4.69) is 69.9 Å². The van der Waals surface area contributed by atoms with E-state index >= 15 is 0 Å². The van der Waals surface area contributed by atoms with Crippen molar-refractivity contribution in [3.63, 3.8) is 0 Å². The van der Waals surface area contributed by atoms with Gasteiger partial charge in [0.25, 0.3) is 0 Å². The number of guanidine groups is 1. The molecule has 5 nitrogen and oxygen atoms in total. The van der Waals surface area contributed by atoms with Crippen molar-refractivity contribution in [1.82, 2.24) is 15.5 Å². The Bertz CT molecular complexity index is 783. The molecule has 0 saturated carbocycles. The molecule has 1 heterocycles. The van der Waals surface area contributed by atoms with Gasteiger partial charge in [0, 0.05) is 39.3 Å². The lowest BCUT2D eigenvalue weighted by atomic mass is 10.0. The highest BCUT2D eigenvalue weighted by Gasteiger charge is 2.20.